The third-order valence-electron chi connectivity index (χ3n) is 2.26. The molecule has 4 nitrogen and oxygen atoms in total. The van der Waals surface area contributed by atoms with Gasteiger partial charge in [-0.05, 0) is 32.4 Å². The van der Waals surface area contributed by atoms with Gasteiger partial charge in [0.15, 0.2) is 0 Å². The Morgan fingerprint density at radius 1 is 1.46 bits per heavy atom. The number of hydrogen-bond acceptors (Lipinski definition) is 5. The van der Waals surface area contributed by atoms with Crippen LogP contribution in [0.25, 0.3) is 0 Å². The van der Waals surface area contributed by atoms with Crippen LogP contribution in [0.15, 0.2) is 6.33 Å². The second kappa shape index (κ2) is 4.53. The van der Waals surface area contributed by atoms with Crippen LogP contribution in [0.1, 0.15) is 19.3 Å². The van der Waals surface area contributed by atoms with Crippen molar-refractivity contribution in [1.82, 2.24) is 14.7 Å². The van der Waals surface area contributed by atoms with E-state index in [0.29, 0.717) is 6.04 Å². The number of rotatable bonds is 2. The predicted octanol–water partition coefficient (Wildman–Crippen LogP) is 1.09. The maximum Gasteiger partial charge on any atom is 0.202 e. The molecule has 1 aromatic heterocycles. The smallest absolute Gasteiger partial charge is 0.202 e. The molecule has 1 atom stereocenters. The van der Waals surface area contributed by atoms with Gasteiger partial charge in [0.05, 0.1) is 0 Å². The molecule has 0 aliphatic carbocycles. The normalized spacial score (nSPS) is 23.8. The Balaban J connectivity index is 1.86. The first kappa shape index (κ1) is 8.90. The Bertz CT molecular complexity index is 228. The topological polar surface area (TPSA) is 49.8 Å². The molecule has 0 spiro atoms. The average molecular weight is 198 g/mol. The zero-order chi connectivity index (χ0) is 8.93. The highest BCUT2D eigenvalue weighted by Crippen LogP contribution is 2.14. The van der Waals surface area contributed by atoms with E-state index in [4.69, 9.17) is 0 Å². The number of aromatic nitrogens is 2. The fourth-order valence-corrected chi connectivity index (χ4v) is 2.08. The molecule has 1 fully saturated rings. The zero-order valence-corrected chi connectivity index (χ0v) is 8.31. The van der Waals surface area contributed by atoms with E-state index in [0.717, 1.165) is 18.2 Å². The van der Waals surface area contributed by atoms with Crippen molar-refractivity contribution in [2.75, 3.05) is 18.4 Å². The summed E-state index contributed by atoms with van der Waals surface area (Å²) in [6, 6.07) is 0.572. The molecule has 1 unspecified atom stereocenters. The molecule has 1 aromatic rings. The molecule has 1 saturated heterocycles. The molecule has 2 N–H and O–H groups in total. The molecule has 0 aromatic carbocycles. The summed E-state index contributed by atoms with van der Waals surface area (Å²) < 4.78 is 3.96. The van der Waals surface area contributed by atoms with Crippen LogP contribution in [0.2, 0.25) is 0 Å². The summed E-state index contributed by atoms with van der Waals surface area (Å²) in [7, 11) is 0. The molecule has 0 bridgehead atoms. The summed E-state index contributed by atoms with van der Waals surface area (Å²) in [6.45, 7) is 2.25. The van der Waals surface area contributed by atoms with E-state index in [1.807, 2.05) is 0 Å². The van der Waals surface area contributed by atoms with Crippen LogP contribution in [-0.4, -0.2) is 28.5 Å². The van der Waals surface area contributed by atoms with Gasteiger partial charge < -0.3 is 10.6 Å². The highest BCUT2D eigenvalue weighted by atomic mass is 32.1. The molecule has 0 amide bonds. The number of hydrogen-bond donors (Lipinski definition) is 2. The second-order valence-electron chi connectivity index (χ2n) is 3.27. The fraction of sp³-hybridized carbons (Fsp3) is 0.750. The minimum absolute atomic E-state index is 0.572. The van der Waals surface area contributed by atoms with Crippen molar-refractivity contribution in [3.63, 3.8) is 0 Å². The highest BCUT2D eigenvalue weighted by Gasteiger charge is 2.12. The summed E-state index contributed by atoms with van der Waals surface area (Å²) in [6.07, 6.45) is 5.25. The molecule has 1 aliphatic rings. The summed E-state index contributed by atoms with van der Waals surface area (Å²) in [5.74, 6) is 0. The van der Waals surface area contributed by atoms with Crippen molar-refractivity contribution in [2.45, 2.75) is 25.3 Å². The van der Waals surface area contributed by atoms with Crippen molar-refractivity contribution < 1.29 is 0 Å². The van der Waals surface area contributed by atoms with Crippen LogP contribution in [0.3, 0.4) is 0 Å². The Morgan fingerprint density at radius 3 is 3.31 bits per heavy atom. The Kier molecular flexibility index (Phi) is 3.10. The fourth-order valence-electron chi connectivity index (χ4n) is 1.57. The molecule has 72 valence electrons. The quantitative estimate of drug-likeness (QED) is 0.747. The van der Waals surface area contributed by atoms with E-state index in [9.17, 15) is 0 Å². The SMILES string of the molecule is c1nsc(NC2CCCNCC2)n1. The maximum atomic E-state index is 4.12. The molecule has 2 rings (SSSR count). The first-order chi connectivity index (χ1) is 6.45. The third-order valence-corrected chi connectivity index (χ3v) is 2.86. The van der Waals surface area contributed by atoms with Crippen molar-refractivity contribution in [1.29, 1.82) is 0 Å². The van der Waals surface area contributed by atoms with Gasteiger partial charge >= 0.3 is 0 Å². The van der Waals surface area contributed by atoms with Gasteiger partial charge in [-0.1, -0.05) is 0 Å². The minimum Gasteiger partial charge on any atom is -0.358 e. The van der Waals surface area contributed by atoms with Gasteiger partial charge in [-0.2, -0.15) is 4.37 Å². The van der Waals surface area contributed by atoms with Crippen LogP contribution >= 0.6 is 11.5 Å². The van der Waals surface area contributed by atoms with Crippen molar-refractivity contribution in [2.24, 2.45) is 0 Å². The van der Waals surface area contributed by atoms with E-state index in [1.54, 1.807) is 6.33 Å². The maximum absolute atomic E-state index is 4.12. The minimum atomic E-state index is 0.572. The van der Waals surface area contributed by atoms with Crippen molar-refractivity contribution >= 4 is 16.7 Å². The summed E-state index contributed by atoms with van der Waals surface area (Å²) in [5, 5.41) is 7.74. The first-order valence-corrected chi connectivity index (χ1v) is 5.46. The van der Waals surface area contributed by atoms with Gasteiger partial charge in [0.25, 0.3) is 0 Å². The molecule has 1 aliphatic heterocycles. The van der Waals surface area contributed by atoms with E-state index >= 15 is 0 Å². The molecular formula is C8H14N4S. The number of nitrogens with zero attached hydrogens (tertiary/aromatic N) is 2. The molecule has 0 radical (unpaired) electrons. The molecule has 13 heavy (non-hydrogen) atoms. The van der Waals surface area contributed by atoms with Crippen LogP contribution in [-0.2, 0) is 0 Å². The standard InChI is InChI=1S/C8H14N4S/c1-2-7(3-5-9-4-1)12-8-10-6-11-13-8/h6-7,9H,1-5H2,(H,10,11,12). The average Bonchev–Trinajstić information content (AvgIpc) is 2.49. The zero-order valence-electron chi connectivity index (χ0n) is 7.49. The van der Waals surface area contributed by atoms with Gasteiger partial charge in [-0.3, -0.25) is 0 Å². The third kappa shape index (κ3) is 2.63. The lowest BCUT2D eigenvalue weighted by atomic mass is 10.1. The van der Waals surface area contributed by atoms with Crippen molar-refractivity contribution in [3.8, 4) is 0 Å². The lowest BCUT2D eigenvalue weighted by molar-refractivity contribution is 0.637. The number of anilines is 1. The monoisotopic (exact) mass is 198 g/mol. The van der Waals surface area contributed by atoms with Crippen LogP contribution < -0.4 is 10.6 Å². The predicted molar refractivity (Wildman–Crippen MR) is 54.0 cm³/mol. The van der Waals surface area contributed by atoms with Gasteiger partial charge in [0.2, 0.25) is 5.13 Å². The largest absolute Gasteiger partial charge is 0.358 e. The lowest BCUT2D eigenvalue weighted by Gasteiger charge is -2.13. The van der Waals surface area contributed by atoms with E-state index in [-0.39, 0.29) is 0 Å². The van der Waals surface area contributed by atoms with Gasteiger partial charge in [0.1, 0.15) is 6.33 Å². The molecule has 5 heteroatoms. The highest BCUT2D eigenvalue weighted by molar-refractivity contribution is 7.09. The Hall–Kier alpha value is -0.680. The molecule has 2 heterocycles. The Morgan fingerprint density at radius 2 is 2.46 bits per heavy atom. The number of nitrogens with one attached hydrogen (secondary N) is 2. The summed E-state index contributed by atoms with van der Waals surface area (Å²) in [4.78, 5) is 4.12. The van der Waals surface area contributed by atoms with Crippen LogP contribution in [0, 0.1) is 0 Å². The lowest BCUT2D eigenvalue weighted by Crippen LogP contribution is -2.21. The molecule has 0 saturated carbocycles. The molecular weight excluding hydrogens is 184 g/mol. The second-order valence-corrected chi connectivity index (χ2v) is 4.05. The summed E-state index contributed by atoms with van der Waals surface area (Å²) >= 11 is 1.43. The first-order valence-electron chi connectivity index (χ1n) is 4.69. The van der Waals surface area contributed by atoms with Gasteiger partial charge in [0, 0.05) is 17.6 Å². The van der Waals surface area contributed by atoms with E-state index in [1.165, 1.54) is 30.8 Å². The Labute approximate surface area is 81.9 Å². The van der Waals surface area contributed by atoms with Gasteiger partial charge in [-0.15, -0.1) is 0 Å². The van der Waals surface area contributed by atoms with Crippen molar-refractivity contribution in [3.05, 3.63) is 6.33 Å². The van der Waals surface area contributed by atoms with E-state index in [2.05, 4.69) is 20.0 Å². The van der Waals surface area contributed by atoms with Gasteiger partial charge in [-0.25, -0.2) is 4.98 Å². The summed E-state index contributed by atoms with van der Waals surface area (Å²) in [5.41, 5.74) is 0. The van der Waals surface area contributed by atoms with E-state index < -0.39 is 0 Å². The van der Waals surface area contributed by atoms with Crippen LogP contribution in [0.5, 0.6) is 0 Å². The van der Waals surface area contributed by atoms with Crippen LogP contribution in [0.4, 0.5) is 5.13 Å².